The maximum absolute atomic E-state index is 13.6. The van der Waals surface area contributed by atoms with Crippen molar-refractivity contribution in [2.45, 2.75) is 59.4 Å². The molecule has 190 valence electrons. The molecular weight excluding hydrogens is 454 g/mol. The number of ether oxygens (including phenoxy) is 2. The van der Waals surface area contributed by atoms with E-state index in [4.69, 9.17) is 9.47 Å². The predicted octanol–water partition coefficient (Wildman–Crippen LogP) is 3.49. The number of rotatable bonds is 10. The molecule has 10 nitrogen and oxygen atoms in total. The molecular formula is C25H33N3O7. The van der Waals surface area contributed by atoms with Crippen LogP contribution in [0.15, 0.2) is 46.8 Å². The number of hydrogen-bond acceptors (Lipinski definition) is 8. The van der Waals surface area contributed by atoms with E-state index in [9.17, 15) is 24.5 Å². The minimum atomic E-state index is -0.951. The lowest BCUT2D eigenvalue weighted by atomic mass is 9.79. The lowest BCUT2D eigenvalue weighted by Crippen LogP contribution is -2.47. The molecule has 35 heavy (non-hydrogen) atoms. The van der Waals surface area contributed by atoms with E-state index in [1.54, 1.807) is 33.8 Å². The third-order valence-corrected chi connectivity index (χ3v) is 5.77. The zero-order chi connectivity index (χ0) is 26.3. The van der Waals surface area contributed by atoms with Gasteiger partial charge in [-0.1, -0.05) is 39.3 Å². The summed E-state index contributed by atoms with van der Waals surface area (Å²) in [6, 6.07) is 4.84. The van der Waals surface area contributed by atoms with Gasteiger partial charge in [0.05, 0.1) is 30.1 Å². The number of unbranched alkanes of at least 4 members (excludes halogenated alkanes) is 1. The van der Waals surface area contributed by atoms with Gasteiger partial charge in [-0.2, -0.15) is 0 Å². The van der Waals surface area contributed by atoms with Gasteiger partial charge in [-0.3, -0.25) is 14.9 Å². The Labute approximate surface area is 204 Å². The second kappa shape index (κ2) is 12.1. The summed E-state index contributed by atoms with van der Waals surface area (Å²) in [4.78, 5) is 49.9. The van der Waals surface area contributed by atoms with Gasteiger partial charge in [0.1, 0.15) is 6.04 Å². The minimum absolute atomic E-state index is 0.148. The van der Waals surface area contributed by atoms with Crippen molar-refractivity contribution in [1.29, 1.82) is 0 Å². The second-order valence-corrected chi connectivity index (χ2v) is 8.70. The lowest BCUT2D eigenvalue weighted by molar-refractivity contribution is -0.384. The molecule has 0 aliphatic carbocycles. The Morgan fingerprint density at radius 3 is 2.40 bits per heavy atom. The molecule has 1 aromatic carbocycles. The van der Waals surface area contributed by atoms with Crippen LogP contribution in [0.25, 0.3) is 0 Å². The number of methoxy groups -OCH3 is 1. The molecule has 0 fully saturated rings. The van der Waals surface area contributed by atoms with Crippen LogP contribution < -0.4 is 10.6 Å². The summed E-state index contributed by atoms with van der Waals surface area (Å²) < 4.78 is 10.3. The van der Waals surface area contributed by atoms with Crippen molar-refractivity contribution in [2.24, 2.45) is 5.92 Å². The lowest BCUT2D eigenvalue weighted by Gasteiger charge is -2.32. The maximum Gasteiger partial charge on any atom is 0.336 e. The number of dihydropyridines is 1. The Morgan fingerprint density at radius 2 is 1.83 bits per heavy atom. The number of esters is 2. The summed E-state index contributed by atoms with van der Waals surface area (Å²) in [6.45, 7) is 9.13. The molecule has 0 radical (unpaired) electrons. The number of carbonyl (C=O) groups is 3. The SMILES string of the molecule is CCCCOC(=O)[C@H](NC(=O)C1=C(C)NC(C)=C(C(=O)OC)[C@H]1c1cccc([N+](=O)[O-])c1)C(C)C. The van der Waals surface area contributed by atoms with Crippen molar-refractivity contribution in [3.05, 3.63) is 62.5 Å². The first kappa shape index (κ1) is 27.6. The van der Waals surface area contributed by atoms with E-state index in [-0.39, 0.29) is 29.4 Å². The summed E-state index contributed by atoms with van der Waals surface area (Å²) in [5.41, 5.74) is 1.41. The number of benzene rings is 1. The van der Waals surface area contributed by atoms with Gasteiger partial charge in [0.2, 0.25) is 0 Å². The van der Waals surface area contributed by atoms with Crippen LogP contribution in [0.4, 0.5) is 5.69 Å². The molecule has 10 heteroatoms. The number of carbonyl (C=O) groups excluding carboxylic acids is 3. The second-order valence-electron chi connectivity index (χ2n) is 8.70. The van der Waals surface area contributed by atoms with Crippen molar-refractivity contribution in [3.8, 4) is 0 Å². The van der Waals surface area contributed by atoms with Crippen LogP contribution in [0.5, 0.6) is 0 Å². The summed E-state index contributed by atoms with van der Waals surface area (Å²) in [6.07, 6.45) is 1.57. The summed E-state index contributed by atoms with van der Waals surface area (Å²) in [7, 11) is 1.22. The average Bonchev–Trinajstić information content (AvgIpc) is 2.81. The maximum atomic E-state index is 13.6. The number of nitrogens with one attached hydrogen (secondary N) is 2. The highest BCUT2D eigenvalue weighted by Gasteiger charge is 2.39. The largest absolute Gasteiger partial charge is 0.466 e. The van der Waals surface area contributed by atoms with Crippen LogP contribution in [-0.2, 0) is 23.9 Å². The Kier molecular flexibility index (Phi) is 9.56. The van der Waals surface area contributed by atoms with E-state index >= 15 is 0 Å². The summed E-state index contributed by atoms with van der Waals surface area (Å²) in [5.74, 6) is -3.03. The van der Waals surface area contributed by atoms with E-state index in [1.807, 2.05) is 6.92 Å². The van der Waals surface area contributed by atoms with Crippen LogP contribution in [0, 0.1) is 16.0 Å². The van der Waals surface area contributed by atoms with Crippen LogP contribution in [0.1, 0.15) is 58.9 Å². The fourth-order valence-electron chi connectivity index (χ4n) is 3.95. The smallest absolute Gasteiger partial charge is 0.336 e. The van der Waals surface area contributed by atoms with E-state index < -0.39 is 34.7 Å². The van der Waals surface area contributed by atoms with Gasteiger partial charge in [-0.15, -0.1) is 0 Å². The molecule has 1 aliphatic heterocycles. The van der Waals surface area contributed by atoms with Gasteiger partial charge in [0, 0.05) is 29.1 Å². The normalized spacial score (nSPS) is 16.5. The van der Waals surface area contributed by atoms with E-state index in [1.165, 1.54) is 25.3 Å². The highest BCUT2D eigenvalue weighted by Crippen LogP contribution is 2.39. The van der Waals surface area contributed by atoms with Crippen LogP contribution in [-0.4, -0.2) is 42.5 Å². The topological polar surface area (TPSA) is 137 Å². The molecule has 1 amide bonds. The van der Waals surface area contributed by atoms with Gasteiger partial charge >= 0.3 is 11.9 Å². The van der Waals surface area contributed by atoms with Gasteiger partial charge < -0.3 is 20.1 Å². The predicted molar refractivity (Wildman–Crippen MR) is 129 cm³/mol. The average molecular weight is 488 g/mol. The zero-order valence-electron chi connectivity index (χ0n) is 21.0. The van der Waals surface area contributed by atoms with Crippen molar-refractivity contribution >= 4 is 23.5 Å². The molecule has 1 aliphatic rings. The van der Waals surface area contributed by atoms with Crippen molar-refractivity contribution in [3.63, 3.8) is 0 Å². The first-order valence-corrected chi connectivity index (χ1v) is 11.5. The monoisotopic (exact) mass is 487 g/mol. The number of non-ortho nitro benzene ring substituents is 1. The first-order valence-electron chi connectivity index (χ1n) is 11.5. The minimum Gasteiger partial charge on any atom is -0.466 e. The molecule has 2 N–H and O–H groups in total. The zero-order valence-corrected chi connectivity index (χ0v) is 21.0. The fourth-order valence-corrected chi connectivity index (χ4v) is 3.95. The van der Waals surface area contributed by atoms with Gasteiger partial charge in [-0.25, -0.2) is 9.59 Å². The molecule has 0 aromatic heterocycles. The molecule has 1 aromatic rings. The number of hydrogen-bond donors (Lipinski definition) is 2. The molecule has 2 rings (SSSR count). The third kappa shape index (κ3) is 6.46. The van der Waals surface area contributed by atoms with Gasteiger partial charge in [-0.05, 0) is 31.7 Å². The number of nitrogens with zero attached hydrogens (tertiary/aromatic N) is 1. The van der Waals surface area contributed by atoms with E-state index in [2.05, 4.69) is 10.6 Å². The Bertz CT molecular complexity index is 1060. The molecule has 0 spiro atoms. The van der Waals surface area contributed by atoms with Gasteiger partial charge in [0.25, 0.3) is 11.6 Å². The van der Waals surface area contributed by atoms with Crippen molar-refractivity contribution < 1.29 is 28.8 Å². The summed E-state index contributed by atoms with van der Waals surface area (Å²) >= 11 is 0. The number of allylic oxidation sites excluding steroid dienone is 2. The van der Waals surface area contributed by atoms with Crippen LogP contribution in [0.3, 0.4) is 0 Å². The number of amides is 1. The van der Waals surface area contributed by atoms with Crippen molar-refractivity contribution in [1.82, 2.24) is 10.6 Å². The van der Waals surface area contributed by atoms with E-state index in [0.29, 0.717) is 23.4 Å². The fraction of sp³-hybridized carbons (Fsp3) is 0.480. The molecule has 2 atom stereocenters. The Morgan fingerprint density at radius 1 is 1.17 bits per heavy atom. The Balaban J connectivity index is 2.54. The van der Waals surface area contributed by atoms with Crippen LogP contribution >= 0.6 is 0 Å². The number of nitro benzene ring substituents is 1. The highest BCUT2D eigenvalue weighted by molar-refractivity contribution is 6.03. The van der Waals surface area contributed by atoms with Gasteiger partial charge in [0.15, 0.2) is 0 Å². The highest BCUT2D eigenvalue weighted by atomic mass is 16.6. The molecule has 0 saturated carbocycles. The quantitative estimate of drug-likeness (QED) is 0.221. The molecule has 0 saturated heterocycles. The molecule has 0 bridgehead atoms. The summed E-state index contributed by atoms with van der Waals surface area (Å²) in [5, 5.41) is 17.2. The van der Waals surface area contributed by atoms with E-state index in [0.717, 1.165) is 6.42 Å². The standard InChI is InChI=1S/C25H33N3O7/c1-7-8-12-35-25(31)22(14(2)3)27-23(29)19-15(4)26-16(5)20(24(30)34-6)21(19)17-10-9-11-18(13-17)28(32)33/h9-11,13-14,21-22,26H,7-8,12H2,1-6H3,(H,27,29)/t21-,22+/m0/s1. The van der Waals surface area contributed by atoms with Crippen molar-refractivity contribution in [2.75, 3.05) is 13.7 Å². The third-order valence-electron chi connectivity index (χ3n) is 5.77. The van der Waals surface area contributed by atoms with Crippen LogP contribution in [0.2, 0.25) is 0 Å². The Hall–Kier alpha value is -3.69. The molecule has 0 unspecified atom stereocenters. The first-order chi connectivity index (χ1) is 16.5. The molecule has 1 heterocycles. The number of nitro groups is 1.